The lowest BCUT2D eigenvalue weighted by Gasteiger charge is -2.27. The van der Waals surface area contributed by atoms with Gasteiger partial charge >= 0.3 is 0 Å². The lowest BCUT2D eigenvalue weighted by molar-refractivity contribution is 1.29. The Morgan fingerprint density at radius 3 is 1.66 bits per heavy atom. The summed E-state index contributed by atoms with van der Waals surface area (Å²) in [7, 11) is 0. The normalized spacial score (nSPS) is 11.6. The van der Waals surface area contributed by atoms with E-state index in [1.54, 1.807) is 0 Å². The molecule has 0 aliphatic heterocycles. The van der Waals surface area contributed by atoms with E-state index in [0.29, 0.717) is 0 Å². The summed E-state index contributed by atoms with van der Waals surface area (Å²) in [6.45, 7) is 0. The largest absolute Gasteiger partial charge is 0.310 e. The summed E-state index contributed by atoms with van der Waals surface area (Å²) in [5, 5.41) is 7.62. The summed E-state index contributed by atoms with van der Waals surface area (Å²) in [5.41, 5.74) is 9.22. The molecule has 0 radical (unpaired) electrons. The Hall–Kier alpha value is -6.72. The van der Waals surface area contributed by atoms with Crippen LogP contribution in [0.1, 0.15) is 0 Å². The highest BCUT2D eigenvalue weighted by atomic mass is 32.1. The van der Waals surface area contributed by atoms with Gasteiger partial charge in [0.25, 0.3) is 0 Å². The molecular weight excluding hydrogens is 717 g/mol. The zero-order valence-electron chi connectivity index (χ0n) is 30.3. The third kappa shape index (κ3) is 5.62. The molecule has 0 aliphatic carbocycles. The Bertz CT molecular complexity index is 3160. The maximum atomic E-state index is 2.42. The molecular formula is C52H34N2S2. The maximum Gasteiger partial charge on any atom is 0.0554 e. The summed E-state index contributed by atoms with van der Waals surface area (Å²) < 4.78 is 5.13. The van der Waals surface area contributed by atoms with Gasteiger partial charge in [-0.1, -0.05) is 115 Å². The molecule has 2 nitrogen and oxygen atoms in total. The summed E-state index contributed by atoms with van der Waals surface area (Å²) in [4.78, 5) is 4.81. The van der Waals surface area contributed by atoms with Gasteiger partial charge in [0.15, 0.2) is 0 Å². The number of anilines is 6. The highest BCUT2D eigenvalue weighted by molar-refractivity contribution is 7.26. The fourth-order valence-corrected chi connectivity index (χ4v) is 10.4. The summed E-state index contributed by atoms with van der Waals surface area (Å²) in [5.74, 6) is 0. The van der Waals surface area contributed by atoms with Crippen LogP contribution in [0.3, 0.4) is 0 Å². The van der Waals surface area contributed by atoms with Crippen LogP contribution in [0, 0.1) is 0 Å². The van der Waals surface area contributed by atoms with Crippen molar-refractivity contribution >= 4 is 108 Å². The first-order valence-corrected chi connectivity index (χ1v) is 20.5. The molecule has 2 heterocycles. The van der Waals surface area contributed by atoms with Crippen molar-refractivity contribution in [1.82, 2.24) is 0 Å². The molecule has 11 aromatic rings. The van der Waals surface area contributed by atoms with Crippen molar-refractivity contribution in [2.45, 2.75) is 0 Å². The molecule has 0 atom stereocenters. The Morgan fingerprint density at radius 1 is 0.286 bits per heavy atom. The van der Waals surface area contributed by atoms with E-state index < -0.39 is 0 Å². The summed E-state index contributed by atoms with van der Waals surface area (Å²) in [6, 6.07) is 75.2. The van der Waals surface area contributed by atoms with E-state index in [9.17, 15) is 0 Å². The molecule has 0 amide bonds. The van der Waals surface area contributed by atoms with Gasteiger partial charge in [-0.05, 0) is 113 Å². The number of hydrogen-bond acceptors (Lipinski definition) is 4. The van der Waals surface area contributed by atoms with Gasteiger partial charge in [0.2, 0.25) is 0 Å². The van der Waals surface area contributed by atoms with Crippen molar-refractivity contribution in [2.75, 3.05) is 9.80 Å². The van der Waals surface area contributed by atoms with Crippen LogP contribution in [0.2, 0.25) is 0 Å². The minimum atomic E-state index is 1.12. The molecule has 0 unspecified atom stereocenters. The molecule has 0 aliphatic rings. The van der Waals surface area contributed by atoms with Crippen molar-refractivity contribution in [3.63, 3.8) is 0 Å². The Balaban J connectivity index is 1.10. The minimum absolute atomic E-state index is 1.12. The van der Waals surface area contributed by atoms with Crippen LogP contribution in [0.15, 0.2) is 206 Å². The maximum absolute atomic E-state index is 2.42. The van der Waals surface area contributed by atoms with Crippen LogP contribution in [0.5, 0.6) is 0 Å². The first-order chi connectivity index (χ1) is 27.7. The standard InChI is InChI=1S/C52H34N2S2/c1-3-14-39(15-4-1)54(40-16-5-2-6-17-40)47-19-11-21-50-52(47)46-33-42(29-31-49(46)55-50)53(43-28-30-45-44-18-9-10-20-48(44)56-51(45)34-43)41-26-24-36(25-27-41)38-23-22-35-12-7-8-13-37(35)32-38/h1-34H. The molecule has 0 spiro atoms. The Kier molecular flexibility index (Phi) is 7.90. The van der Waals surface area contributed by atoms with Crippen LogP contribution < -0.4 is 9.80 Å². The molecule has 11 rings (SSSR count). The number of fused-ring (bicyclic) bond motifs is 7. The second-order valence-corrected chi connectivity index (χ2v) is 16.3. The second-order valence-electron chi connectivity index (χ2n) is 14.2. The molecule has 56 heavy (non-hydrogen) atoms. The second kappa shape index (κ2) is 13.5. The van der Waals surface area contributed by atoms with Crippen LogP contribution in [-0.2, 0) is 0 Å². The number of para-hydroxylation sites is 2. The highest BCUT2D eigenvalue weighted by Crippen LogP contribution is 2.47. The Morgan fingerprint density at radius 2 is 0.857 bits per heavy atom. The minimum Gasteiger partial charge on any atom is -0.310 e. The zero-order chi connectivity index (χ0) is 37.0. The zero-order valence-corrected chi connectivity index (χ0v) is 32.0. The van der Waals surface area contributed by atoms with E-state index in [1.165, 1.54) is 67.9 Å². The predicted octanol–water partition coefficient (Wildman–Crippen LogP) is 16.2. The van der Waals surface area contributed by atoms with Crippen LogP contribution >= 0.6 is 22.7 Å². The van der Waals surface area contributed by atoms with Gasteiger partial charge in [-0.2, -0.15) is 0 Å². The highest BCUT2D eigenvalue weighted by Gasteiger charge is 2.21. The molecule has 264 valence electrons. The van der Waals surface area contributed by atoms with Crippen molar-refractivity contribution in [3.8, 4) is 11.1 Å². The van der Waals surface area contributed by atoms with Gasteiger partial charge in [0, 0.05) is 68.8 Å². The first kappa shape index (κ1) is 32.7. The van der Waals surface area contributed by atoms with Crippen LogP contribution in [0.4, 0.5) is 34.1 Å². The van der Waals surface area contributed by atoms with Gasteiger partial charge in [-0.25, -0.2) is 0 Å². The van der Waals surface area contributed by atoms with E-state index in [0.717, 1.165) is 28.4 Å². The number of hydrogen-bond donors (Lipinski definition) is 0. The summed E-state index contributed by atoms with van der Waals surface area (Å²) >= 11 is 3.72. The monoisotopic (exact) mass is 750 g/mol. The fourth-order valence-electron chi connectivity index (χ4n) is 8.18. The Labute approximate surface area is 333 Å². The van der Waals surface area contributed by atoms with Crippen molar-refractivity contribution in [3.05, 3.63) is 206 Å². The third-order valence-corrected chi connectivity index (χ3v) is 13.1. The molecule has 0 saturated heterocycles. The molecule has 9 aromatic carbocycles. The topological polar surface area (TPSA) is 6.48 Å². The molecule has 0 bridgehead atoms. The van der Waals surface area contributed by atoms with Gasteiger partial charge in [0.1, 0.15) is 0 Å². The first-order valence-electron chi connectivity index (χ1n) is 18.9. The van der Waals surface area contributed by atoms with Crippen LogP contribution in [0.25, 0.3) is 62.2 Å². The van der Waals surface area contributed by atoms with E-state index >= 15 is 0 Å². The van der Waals surface area contributed by atoms with Crippen molar-refractivity contribution in [2.24, 2.45) is 0 Å². The number of rotatable bonds is 7. The van der Waals surface area contributed by atoms with Crippen LogP contribution in [-0.4, -0.2) is 0 Å². The number of thiophene rings is 2. The van der Waals surface area contributed by atoms with Gasteiger partial charge in [0.05, 0.1) is 5.69 Å². The fraction of sp³-hybridized carbons (Fsp3) is 0. The van der Waals surface area contributed by atoms with E-state index in [4.69, 9.17) is 0 Å². The van der Waals surface area contributed by atoms with Gasteiger partial charge < -0.3 is 9.80 Å². The smallest absolute Gasteiger partial charge is 0.0554 e. The average Bonchev–Trinajstić information content (AvgIpc) is 3.83. The SMILES string of the molecule is c1ccc(N(c2ccccc2)c2cccc3sc4ccc(N(c5ccc(-c6ccc7ccccc7c6)cc5)c5ccc6c(c5)sc5ccccc56)cc4c23)cc1. The van der Waals surface area contributed by atoms with E-state index in [-0.39, 0.29) is 0 Å². The van der Waals surface area contributed by atoms with Crippen molar-refractivity contribution < 1.29 is 0 Å². The third-order valence-electron chi connectivity index (χ3n) is 10.8. The summed E-state index contributed by atoms with van der Waals surface area (Å²) in [6.07, 6.45) is 0. The molecule has 0 saturated carbocycles. The van der Waals surface area contributed by atoms with E-state index in [2.05, 4.69) is 216 Å². The number of benzene rings is 9. The predicted molar refractivity (Wildman–Crippen MR) is 245 cm³/mol. The average molecular weight is 751 g/mol. The van der Waals surface area contributed by atoms with Crippen molar-refractivity contribution in [1.29, 1.82) is 0 Å². The van der Waals surface area contributed by atoms with E-state index in [1.807, 2.05) is 22.7 Å². The molecule has 4 heteroatoms. The molecule has 0 N–H and O–H groups in total. The molecule has 0 fully saturated rings. The quantitative estimate of drug-likeness (QED) is 0.160. The lowest BCUT2D eigenvalue weighted by atomic mass is 10.0. The van der Waals surface area contributed by atoms with Gasteiger partial charge in [-0.3, -0.25) is 0 Å². The lowest BCUT2D eigenvalue weighted by Crippen LogP contribution is -2.10. The molecule has 2 aromatic heterocycles. The van der Waals surface area contributed by atoms with Gasteiger partial charge in [-0.15, -0.1) is 22.7 Å². The number of nitrogens with zero attached hydrogens (tertiary/aromatic N) is 2.